The van der Waals surface area contributed by atoms with Gasteiger partial charge < -0.3 is 4.90 Å². The van der Waals surface area contributed by atoms with Crippen molar-refractivity contribution in [2.75, 3.05) is 26.2 Å². The highest BCUT2D eigenvalue weighted by Gasteiger charge is 2.34. The number of sulfonamides is 1. The molecule has 12 heteroatoms. The van der Waals surface area contributed by atoms with Crippen LogP contribution in [0.25, 0.3) is 0 Å². The Hall–Kier alpha value is -2.34. The Bertz CT molecular complexity index is 1070. The number of amides is 1. The van der Waals surface area contributed by atoms with Crippen molar-refractivity contribution in [3.8, 4) is 0 Å². The molecular formula is C19H26F2N6O3S. The zero-order chi connectivity index (χ0) is 22.3. The number of aryl methyl sites for hydroxylation is 2. The van der Waals surface area contributed by atoms with E-state index in [1.165, 1.54) is 21.3 Å². The van der Waals surface area contributed by atoms with Gasteiger partial charge in [-0.15, -0.1) is 0 Å². The summed E-state index contributed by atoms with van der Waals surface area (Å²) in [6.45, 7) is 4.81. The molecule has 1 saturated carbocycles. The van der Waals surface area contributed by atoms with Crippen LogP contribution >= 0.6 is 0 Å². The molecule has 1 aliphatic carbocycles. The number of aromatic nitrogens is 4. The lowest BCUT2D eigenvalue weighted by Crippen LogP contribution is -2.51. The predicted octanol–water partition coefficient (Wildman–Crippen LogP) is 1.76. The van der Waals surface area contributed by atoms with Crippen LogP contribution in [-0.2, 0) is 27.9 Å². The molecule has 0 N–H and O–H groups in total. The number of hydrogen-bond acceptors (Lipinski definition) is 5. The molecule has 31 heavy (non-hydrogen) atoms. The van der Waals surface area contributed by atoms with Crippen molar-refractivity contribution < 1.29 is 22.0 Å². The SMILES string of the molecule is CCn1cc(S(=O)(=O)N2CCN(C(=O)Cn3nc(C(F)F)cc3C3CC3)CC2)c(C)n1. The lowest BCUT2D eigenvalue weighted by atomic mass is 10.2. The summed E-state index contributed by atoms with van der Waals surface area (Å²) in [6, 6.07) is 1.39. The highest BCUT2D eigenvalue weighted by atomic mass is 32.2. The molecule has 4 rings (SSSR count). The highest BCUT2D eigenvalue weighted by Crippen LogP contribution is 2.41. The van der Waals surface area contributed by atoms with E-state index in [1.807, 2.05) is 6.92 Å². The smallest absolute Gasteiger partial charge is 0.282 e. The van der Waals surface area contributed by atoms with Gasteiger partial charge in [0.15, 0.2) is 0 Å². The van der Waals surface area contributed by atoms with Crippen molar-refractivity contribution in [1.29, 1.82) is 0 Å². The highest BCUT2D eigenvalue weighted by molar-refractivity contribution is 7.89. The molecule has 2 aliphatic rings. The number of carbonyl (C=O) groups excluding carboxylic acids is 1. The van der Waals surface area contributed by atoms with Crippen LogP contribution in [0.3, 0.4) is 0 Å². The van der Waals surface area contributed by atoms with E-state index in [4.69, 9.17) is 0 Å². The molecule has 2 aromatic rings. The van der Waals surface area contributed by atoms with Crippen molar-refractivity contribution >= 4 is 15.9 Å². The van der Waals surface area contributed by atoms with Gasteiger partial charge in [0.25, 0.3) is 6.43 Å². The minimum absolute atomic E-state index is 0.117. The number of hydrogen-bond donors (Lipinski definition) is 0. The van der Waals surface area contributed by atoms with Crippen molar-refractivity contribution in [3.63, 3.8) is 0 Å². The van der Waals surface area contributed by atoms with E-state index in [0.717, 1.165) is 12.8 Å². The lowest BCUT2D eigenvalue weighted by Gasteiger charge is -2.34. The zero-order valence-corrected chi connectivity index (χ0v) is 18.4. The maximum absolute atomic E-state index is 13.0. The van der Waals surface area contributed by atoms with Gasteiger partial charge in [0.05, 0.1) is 5.69 Å². The molecule has 1 aliphatic heterocycles. The molecule has 1 amide bonds. The summed E-state index contributed by atoms with van der Waals surface area (Å²) < 4.78 is 56.4. The summed E-state index contributed by atoms with van der Waals surface area (Å²) in [6.07, 6.45) is 0.670. The number of nitrogens with zero attached hydrogens (tertiary/aromatic N) is 6. The Morgan fingerprint density at radius 3 is 2.42 bits per heavy atom. The second-order valence-corrected chi connectivity index (χ2v) is 9.85. The van der Waals surface area contributed by atoms with Gasteiger partial charge in [-0.05, 0) is 32.8 Å². The Kier molecular flexibility index (Phi) is 5.86. The summed E-state index contributed by atoms with van der Waals surface area (Å²) >= 11 is 0. The van der Waals surface area contributed by atoms with Crippen molar-refractivity contribution in [1.82, 2.24) is 28.8 Å². The number of halogens is 2. The molecule has 2 fully saturated rings. The fourth-order valence-electron chi connectivity index (χ4n) is 3.85. The van der Waals surface area contributed by atoms with Crippen LogP contribution in [0.2, 0.25) is 0 Å². The lowest BCUT2D eigenvalue weighted by molar-refractivity contribution is -0.133. The van der Waals surface area contributed by atoms with E-state index in [9.17, 15) is 22.0 Å². The topological polar surface area (TPSA) is 93.3 Å². The largest absolute Gasteiger partial charge is 0.338 e. The van der Waals surface area contributed by atoms with Crippen LogP contribution in [0.4, 0.5) is 8.78 Å². The van der Waals surface area contributed by atoms with E-state index in [1.54, 1.807) is 16.5 Å². The first-order valence-electron chi connectivity index (χ1n) is 10.4. The maximum atomic E-state index is 13.0. The minimum atomic E-state index is -3.69. The van der Waals surface area contributed by atoms with E-state index < -0.39 is 16.4 Å². The number of piperazine rings is 1. The Labute approximate surface area is 179 Å². The van der Waals surface area contributed by atoms with E-state index in [-0.39, 0.29) is 55.1 Å². The number of carbonyl (C=O) groups is 1. The summed E-state index contributed by atoms with van der Waals surface area (Å²) in [7, 11) is -3.69. The van der Waals surface area contributed by atoms with E-state index in [2.05, 4.69) is 10.2 Å². The van der Waals surface area contributed by atoms with Crippen LogP contribution in [-0.4, -0.2) is 69.3 Å². The molecule has 170 valence electrons. The molecule has 3 heterocycles. The summed E-state index contributed by atoms with van der Waals surface area (Å²) in [5.41, 5.74) is 0.809. The molecule has 0 aromatic carbocycles. The first-order valence-corrected chi connectivity index (χ1v) is 11.8. The molecule has 1 saturated heterocycles. The fraction of sp³-hybridized carbons (Fsp3) is 0.632. The summed E-state index contributed by atoms with van der Waals surface area (Å²) in [4.78, 5) is 14.5. The number of alkyl halides is 2. The van der Waals surface area contributed by atoms with Gasteiger partial charge >= 0.3 is 0 Å². The second-order valence-electron chi connectivity index (χ2n) is 7.95. The van der Waals surface area contributed by atoms with Gasteiger partial charge in [0.2, 0.25) is 15.9 Å². The normalized spacial score (nSPS) is 18.2. The van der Waals surface area contributed by atoms with Crippen molar-refractivity contribution in [2.24, 2.45) is 0 Å². The molecule has 0 unspecified atom stereocenters. The maximum Gasteiger partial charge on any atom is 0.282 e. The molecule has 2 aromatic heterocycles. The zero-order valence-electron chi connectivity index (χ0n) is 17.5. The molecule has 0 spiro atoms. The van der Waals surface area contributed by atoms with Crippen LogP contribution < -0.4 is 0 Å². The van der Waals surface area contributed by atoms with Crippen molar-refractivity contribution in [3.05, 3.63) is 29.3 Å². The van der Waals surface area contributed by atoms with Gasteiger partial charge in [-0.3, -0.25) is 14.2 Å². The average molecular weight is 457 g/mol. The minimum Gasteiger partial charge on any atom is -0.338 e. The van der Waals surface area contributed by atoms with E-state index in [0.29, 0.717) is 17.9 Å². The molecule has 0 radical (unpaired) electrons. The molecule has 0 bridgehead atoms. The van der Waals surface area contributed by atoms with Crippen LogP contribution in [0.5, 0.6) is 0 Å². The van der Waals surface area contributed by atoms with Crippen LogP contribution in [0.1, 0.15) is 49.2 Å². The Morgan fingerprint density at radius 1 is 1.19 bits per heavy atom. The second kappa shape index (κ2) is 8.30. The van der Waals surface area contributed by atoms with Crippen molar-refractivity contribution in [2.45, 2.75) is 57.0 Å². The molecular weight excluding hydrogens is 430 g/mol. The Balaban J connectivity index is 1.41. The Morgan fingerprint density at radius 2 is 1.87 bits per heavy atom. The summed E-state index contributed by atoms with van der Waals surface area (Å²) in [5.74, 6) is -0.0695. The molecule has 9 nitrogen and oxygen atoms in total. The average Bonchev–Trinajstić information content (AvgIpc) is 3.38. The first kappa shape index (κ1) is 21.9. The summed E-state index contributed by atoms with van der Waals surface area (Å²) in [5, 5.41) is 8.13. The van der Waals surface area contributed by atoms with Gasteiger partial charge in [-0.25, -0.2) is 17.2 Å². The van der Waals surface area contributed by atoms with Gasteiger partial charge in [-0.2, -0.15) is 14.5 Å². The van der Waals surface area contributed by atoms with Gasteiger partial charge in [0, 0.05) is 50.5 Å². The van der Waals surface area contributed by atoms with E-state index >= 15 is 0 Å². The first-order chi connectivity index (χ1) is 14.7. The van der Waals surface area contributed by atoms with Gasteiger partial charge in [-0.1, -0.05) is 0 Å². The third-order valence-corrected chi connectivity index (χ3v) is 7.77. The fourth-order valence-corrected chi connectivity index (χ4v) is 5.44. The van der Waals surface area contributed by atoms with Crippen LogP contribution in [0.15, 0.2) is 17.2 Å². The van der Waals surface area contributed by atoms with Crippen LogP contribution in [0, 0.1) is 6.92 Å². The third kappa shape index (κ3) is 4.36. The predicted molar refractivity (Wildman–Crippen MR) is 107 cm³/mol. The molecule has 0 atom stereocenters. The monoisotopic (exact) mass is 456 g/mol. The standard InChI is InChI=1S/C19H26F2N6O3S/c1-3-25-11-17(13(2)22-25)31(29,30)26-8-6-24(7-9-26)18(28)12-27-16(14-4-5-14)10-15(23-27)19(20)21/h10-11,14,19H,3-9,12H2,1-2H3. The quantitative estimate of drug-likeness (QED) is 0.633. The number of rotatable bonds is 7. The van der Waals surface area contributed by atoms with Gasteiger partial charge in [0.1, 0.15) is 17.1 Å². The third-order valence-electron chi connectivity index (χ3n) is 5.77.